The van der Waals surface area contributed by atoms with E-state index in [2.05, 4.69) is 21.5 Å². The Kier molecular flexibility index (Phi) is 5.52. The Bertz CT molecular complexity index is 723. The first-order chi connectivity index (χ1) is 12.4. The van der Waals surface area contributed by atoms with Crippen LogP contribution in [0.15, 0.2) is 41.1 Å². The fourth-order valence-corrected chi connectivity index (χ4v) is 3.83. The number of ether oxygens (including phenoxy) is 2. The Hall–Kier alpha value is -2.06. The number of nitrogens with one attached hydrogen (secondary N) is 1. The van der Waals surface area contributed by atoms with E-state index in [0.717, 1.165) is 25.0 Å². The molecule has 2 aromatic rings. The van der Waals surface area contributed by atoms with Crippen LogP contribution in [0.1, 0.15) is 28.8 Å². The second-order valence-corrected chi connectivity index (χ2v) is 6.94. The quantitative estimate of drug-likeness (QED) is 0.842. The molecule has 140 valence electrons. The van der Waals surface area contributed by atoms with E-state index in [0.29, 0.717) is 19.8 Å². The molecule has 0 radical (unpaired) electrons. The summed E-state index contributed by atoms with van der Waals surface area (Å²) >= 11 is 1.61. The molecule has 0 aliphatic carbocycles. The molecule has 1 aromatic carbocycles. The molecule has 1 amide bonds. The van der Waals surface area contributed by atoms with Gasteiger partial charge in [0.1, 0.15) is 5.75 Å². The average molecular weight is 385 g/mol. The third kappa shape index (κ3) is 4.56. The second kappa shape index (κ2) is 7.67. The number of thiophene rings is 1. The van der Waals surface area contributed by atoms with Crippen molar-refractivity contribution in [2.24, 2.45) is 0 Å². The zero-order valence-electron chi connectivity index (χ0n) is 13.8. The van der Waals surface area contributed by atoms with Gasteiger partial charge in [0, 0.05) is 30.7 Å². The summed E-state index contributed by atoms with van der Waals surface area (Å²) < 4.78 is 45.8. The number of hydrogen-bond donors (Lipinski definition) is 1. The van der Waals surface area contributed by atoms with Crippen molar-refractivity contribution in [1.82, 2.24) is 5.32 Å². The van der Waals surface area contributed by atoms with Crippen molar-refractivity contribution >= 4 is 17.2 Å². The van der Waals surface area contributed by atoms with Crippen molar-refractivity contribution in [3.05, 3.63) is 52.2 Å². The van der Waals surface area contributed by atoms with Gasteiger partial charge in [-0.05, 0) is 59.5 Å². The standard InChI is InChI=1S/C18H18F3NO3S/c19-18(20,21)25-15-3-1-13(2-4-15)16(23)22-12-17(6-8-24-9-7-17)14-5-10-26-11-14/h1-5,10-11H,6-9,12H2,(H,22,23). The fraction of sp³-hybridized carbons (Fsp3) is 0.389. The summed E-state index contributed by atoms with van der Waals surface area (Å²) in [6.07, 6.45) is -3.13. The highest BCUT2D eigenvalue weighted by Crippen LogP contribution is 2.35. The number of alkyl halides is 3. The van der Waals surface area contributed by atoms with Gasteiger partial charge in [0.05, 0.1) is 0 Å². The monoisotopic (exact) mass is 385 g/mol. The Balaban J connectivity index is 1.65. The highest BCUT2D eigenvalue weighted by Gasteiger charge is 2.35. The predicted octanol–water partition coefficient (Wildman–Crippen LogP) is 4.12. The molecule has 0 atom stereocenters. The maximum absolute atomic E-state index is 12.4. The zero-order chi connectivity index (χ0) is 18.6. The van der Waals surface area contributed by atoms with E-state index < -0.39 is 6.36 Å². The van der Waals surface area contributed by atoms with Crippen LogP contribution in [0, 0.1) is 0 Å². The minimum absolute atomic E-state index is 0.173. The molecule has 0 spiro atoms. The van der Waals surface area contributed by atoms with Gasteiger partial charge < -0.3 is 14.8 Å². The molecule has 4 nitrogen and oxygen atoms in total. The summed E-state index contributed by atoms with van der Waals surface area (Å²) in [6.45, 7) is 1.72. The highest BCUT2D eigenvalue weighted by molar-refractivity contribution is 7.08. The summed E-state index contributed by atoms with van der Waals surface area (Å²) in [5, 5.41) is 7.00. The molecule has 8 heteroatoms. The van der Waals surface area contributed by atoms with E-state index in [1.807, 2.05) is 5.38 Å². The lowest BCUT2D eigenvalue weighted by atomic mass is 9.75. The lowest BCUT2D eigenvalue weighted by molar-refractivity contribution is -0.274. The molecule has 1 aromatic heterocycles. The third-order valence-corrected chi connectivity index (χ3v) is 5.20. The number of amides is 1. The first-order valence-corrected chi connectivity index (χ1v) is 9.07. The second-order valence-electron chi connectivity index (χ2n) is 6.16. The number of halogens is 3. The molecule has 2 heterocycles. The molecule has 0 saturated carbocycles. The van der Waals surface area contributed by atoms with E-state index in [1.54, 1.807) is 11.3 Å². The Morgan fingerprint density at radius 1 is 1.19 bits per heavy atom. The topological polar surface area (TPSA) is 47.6 Å². The van der Waals surface area contributed by atoms with Crippen molar-refractivity contribution in [3.8, 4) is 5.75 Å². The number of hydrogen-bond acceptors (Lipinski definition) is 4. The van der Waals surface area contributed by atoms with Gasteiger partial charge in [-0.15, -0.1) is 13.2 Å². The van der Waals surface area contributed by atoms with Gasteiger partial charge in [-0.2, -0.15) is 11.3 Å². The first kappa shape index (κ1) is 18.7. The largest absolute Gasteiger partial charge is 0.573 e. The fourth-order valence-electron chi connectivity index (χ4n) is 3.06. The maximum Gasteiger partial charge on any atom is 0.573 e. The molecule has 1 fully saturated rings. The van der Waals surface area contributed by atoms with Crippen LogP contribution in [0.3, 0.4) is 0 Å². The number of carbonyl (C=O) groups excluding carboxylic acids is 1. The molecule has 1 aliphatic heterocycles. The van der Waals surface area contributed by atoms with Gasteiger partial charge in [-0.3, -0.25) is 4.79 Å². The third-order valence-electron chi connectivity index (χ3n) is 4.52. The molecular formula is C18H18F3NO3S. The molecule has 0 unspecified atom stereocenters. The molecule has 1 saturated heterocycles. The predicted molar refractivity (Wildman–Crippen MR) is 91.5 cm³/mol. The normalized spacial score (nSPS) is 16.9. The van der Waals surface area contributed by atoms with Crippen LogP contribution in [0.2, 0.25) is 0 Å². The van der Waals surface area contributed by atoms with Crippen molar-refractivity contribution in [3.63, 3.8) is 0 Å². The van der Waals surface area contributed by atoms with Gasteiger partial charge in [-0.25, -0.2) is 0 Å². The lowest BCUT2D eigenvalue weighted by Crippen LogP contribution is -2.44. The Morgan fingerprint density at radius 2 is 1.88 bits per heavy atom. The smallest absolute Gasteiger partial charge is 0.406 e. The minimum atomic E-state index is -4.75. The molecule has 0 bridgehead atoms. The van der Waals surface area contributed by atoms with Crippen LogP contribution in [-0.2, 0) is 10.2 Å². The van der Waals surface area contributed by atoms with E-state index in [4.69, 9.17) is 4.74 Å². The molecular weight excluding hydrogens is 367 g/mol. The van der Waals surface area contributed by atoms with E-state index in [1.165, 1.54) is 17.7 Å². The first-order valence-electron chi connectivity index (χ1n) is 8.12. The van der Waals surface area contributed by atoms with Gasteiger partial charge >= 0.3 is 6.36 Å². The Labute approximate surface area is 152 Å². The van der Waals surface area contributed by atoms with E-state index in [-0.39, 0.29) is 22.6 Å². The number of rotatable bonds is 5. The lowest BCUT2D eigenvalue weighted by Gasteiger charge is -2.37. The van der Waals surface area contributed by atoms with Crippen molar-refractivity contribution in [2.75, 3.05) is 19.8 Å². The van der Waals surface area contributed by atoms with Crippen LogP contribution >= 0.6 is 11.3 Å². The number of carbonyl (C=O) groups is 1. The highest BCUT2D eigenvalue weighted by atomic mass is 32.1. The molecule has 1 N–H and O–H groups in total. The van der Waals surface area contributed by atoms with Crippen molar-refractivity contribution in [2.45, 2.75) is 24.6 Å². The summed E-state index contributed by atoms with van der Waals surface area (Å²) in [4.78, 5) is 12.4. The van der Waals surface area contributed by atoms with Crippen LogP contribution < -0.4 is 10.1 Å². The molecule has 26 heavy (non-hydrogen) atoms. The van der Waals surface area contributed by atoms with Gasteiger partial charge in [0.25, 0.3) is 5.91 Å². The number of benzene rings is 1. The minimum Gasteiger partial charge on any atom is -0.406 e. The van der Waals surface area contributed by atoms with Crippen molar-refractivity contribution in [1.29, 1.82) is 0 Å². The van der Waals surface area contributed by atoms with E-state index in [9.17, 15) is 18.0 Å². The van der Waals surface area contributed by atoms with Crippen LogP contribution in [0.5, 0.6) is 5.75 Å². The summed E-state index contributed by atoms with van der Waals surface area (Å²) in [6, 6.07) is 6.96. The average Bonchev–Trinajstić information content (AvgIpc) is 3.15. The van der Waals surface area contributed by atoms with Crippen LogP contribution in [-0.4, -0.2) is 32.0 Å². The Morgan fingerprint density at radius 3 is 2.46 bits per heavy atom. The maximum atomic E-state index is 12.4. The summed E-state index contributed by atoms with van der Waals surface area (Å²) in [7, 11) is 0. The summed E-state index contributed by atoms with van der Waals surface area (Å²) in [5.41, 5.74) is 1.29. The van der Waals surface area contributed by atoms with Gasteiger partial charge in [-0.1, -0.05) is 0 Å². The SMILES string of the molecule is O=C(NCC1(c2ccsc2)CCOCC1)c1ccc(OC(F)(F)F)cc1. The zero-order valence-corrected chi connectivity index (χ0v) is 14.7. The van der Waals surface area contributed by atoms with Gasteiger partial charge in [0.2, 0.25) is 0 Å². The van der Waals surface area contributed by atoms with Crippen LogP contribution in [0.4, 0.5) is 13.2 Å². The van der Waals surface area contributed by atoms with Crippen LogP contribution in [0.25, 0.3) is 0 Å². The van der Waals surface area contributed by atoms with Crippen molar-refractivity contribution < 1.29 is 27.4 Å². The molecule has 1 aliphatic rings. The molecule has 3 rings (SSSR count). The van der Waals surface area contributed by atoms with Gasteiger partial charge in [0.15, 0.2) is 0 Å². The summed E-state index contributed by atoms with van der Waals surface area (Å²) in [5.74, 6) is -0.683. The van der Waals surface area contributed by atoms with E-state index >= 15 is 0 Å².